The average molecular weight is 168 g/mol. The number of thiophene rings is 1. The molecule has 1 N–H and O–H groups in total. The molecule has 0 unspecified atom stereocenters. The first-order chi connectivity index (χ1) is 5.38. The zero-order valence-corrected chi connectivity index (χ0v) is 6.67. The van der Waals surface area contributed by atoms with Crippen LogP contribution >= 0.6 is 11.3 Å². The second-order valence-electron chi connectivity index (χ2n) is 1.99. The van der Waals surface area contributed by atoms with Crippen molar-refractivity contribution >= 4 is 23.7 Å². The number of aliphatic hydroxyl groups is 1. The number of hydrogen-bond donors (Lipinski definition) is 1. The summed E-state index contributed by atoms with van der Waals surface area (Å²) >= 11 is 1.48. The largest absolute Gasteiger partial charge is 0.392 e. The van der Waals surface area contributed by atoms with Gasteiger partial charge in [-0.05, 0) is 10.9 Å². The first-order valence-corrected chi connectivity index (χ1v) is 4.11. The fourth-order valence-corrected chi connectivity index (χ4v) is 1.50. The second kappa shape index (κ2) is 4.05. The van der Waals surface area contributed by atoms with Crippen LogP contribution in [0.2, 0.25) is 0 Å². The molecule has 0 spiro atoms. The molecule has 0 aliphatic rings. The highest BCUT2D eigenvalue weighted by Crippen LogP contribution is 2.14. The van der Waals surface area contributed by atoms with Crippen LogP contribution in [0.1, 0.15) is 15.9 Å². The molecule has 0 fully saturated rings. The minimum atomic E-state index is 0.00808. The van der Waals surface area contributed by atoms with Crippen molar-refractivity contribution in [2.75, 3.05) is 6.61 Å². The van der Waals surface area contributed by atoms with E-state index >= 15 is 0 Å². The van der Waals surface area contributed by atoms with Crippen molar-refractivity contribution in [2.24, 2.45) is 0 Å². The van der Waals surface area contributed by atoms with Gasteiger partial charge < -0.3 is 5.11 Å². The molecule has 11 heavy (non-hydrogen) atoms. The Morgan fingerprint density at radius 2 is 2.18 bits per heavy atom. The number of aliphatic hydroxyl groups excluding tert-OH is 1. The molecule has 0 bridgehead atoms. The van der Waals surface area contributed by atoms with E-state index < -0.39 is 0 Å². The van der Waals surface area contributed by atoms with Gasteiger partial charge in [0.15, 0.2) is 6.29 Å². The van der Waals surface area contributed by atoms with Crippen LogP contribution in [0.25, 0.3) is 6.08 Å². The van der Waals surface area contributed by atoms with E-state index in [2.05, 4.69) is 0 Å². The molecule has 2 nitrogen and oxygen atoms in total. The zero-order chi connectivity index (χ0) is 8.10. The van der Waals surface area contributed by atoms with E-state index in [0.717, 1.165) is 11.8 Å². The van der Waals surface area contributed by atoms with Gasteiger partial charge in [-0.1, -0.05) is 12.2 Å². The van der Waals surface area contributed by atoms with Gasteiger partial charge in [-0.2, -0.15) is 11.3 Å². The van der Waals surface area contributed by atoms with Crippen LogP contribution in [-0.4, -0.2) is 18.0 Å². The second-order valence-corrected chi connectivity index (χ2v) is 2.73. The van der Waals surface area contributed by atoms with E-state index in [4.69, 9.17) is 5.11 Å². The molecule has 1 aromatic rings. The van der Waals surface area contributed by atoms with Gasteiger partial charge in [0, 0.05) is 10.9 Å². The maximum Gasteiger partial charge on any atom is 0.151 e. The molecule has 0 aromatic carbocycles. The molecule has 0 radical (unpaired) electrons. The number of hydrogen-bond acceptors (Lipinski definition) is 3. The van der Waals surface area contributed by atoms with Gasteiger partial charge in [0.1, 0.15) is 0 Å². The highest BCUT2D eigenvalue weighted by Gasteiger charge is 1.96. The quantitative estimate of drug-likeness (QED) is 0.695. The number of carbonyl (C=O) groups excluding carboxylic acids is 1. The Morgan fingerprint density at radius 3 is 2.82 bits per heavy atom. The molecule has 0 atom stereocenters. The van der Waals surface area contributed by atoms with E-state index in [9.17, 15) is 4.79 Å². The third kappa shape index (κ3) is 2.00. The fourth-order valence-electron chi connectivity index (χ4n) is 0.728. The third-order valence-electron chi connectivity index (χ3n) is 1.25. The van der Waals surface area contributed by atoms with Crippen molar-refractivity contribution in [3.8, 4) is 0 Å². The van der Waals surface area contributed by atoms with Crippen LogP contribution in [0.4, 0.5) is 0 Å². The Balaban J connectivity index is 2.84. The van der Waals surface area contributed by atoms with Crippen LogP contribution in [0, 0.1) is 0 Å². The van der Waals surface area contributed by atoms with E-state index in [1.54, 1.807) is 17.5 Å². The fraction of sp³-hybridized carbons (Fsp3) is 0.125. The Labute approximate surface area is 68.8 Å². The van der Waals surface area contributed by atoms with Gasteiger partial charge in [0.2, 0.25) is 0 Å². The number of rotatable bonds is 3. The molecule has 58 valence electrons. The Bertz CT molecular complexity index is 263. The summed E-state index contributed by atoms with van der Waals surface area (Å²) in [5.74, 6) is 0. The van der Waals surface area contributed by atoms with E-state index in [1.165, 1.54) is 11.3 Å². The predicted molar refractivity (Wildman–Crippen MR) is 45.8 cm³/mol. The van der Waals surface area contributed by atoms with Crippen molar-refractivity contribution in [1.82, 2.24) is 0 Å². The monoisotopic (exact) mass is 168 g/mol. The normalized spacial score (nSPS) is 10.6. The van der Waals surface area contributed by atoms with Crippen molar-refractivity contribution in [3.63, 3.8) is 0 Å². The lowest BCUT2D eigenvalue weighted by Gasteiger charge is -1.85. The van der Waals surface area contributed by atoms with Crippen LogP contribution < -0.4 is 0 Å². The van der Waals surface area contributed by atoms with Gasteiger partial charge in [-0.25, -0.2) is 0 Å². The lowest BCUT2D eigenvalue weighted by Crippen LogP contribution is -1.78. The molecule has 1 aromatic heterocycles. The lowest BCUT2D eigenvalue weighted by atomic mass is 10.2. The van der Waals surface area contributed by atoms with E-state index in [0.29, 0.717) is 5.56 Å². The maximum absolute atomic E-state index is 10.4. The summed E-state index contributed by atoms with van der Waals surface area (Å²) in [7, 11) is 0. The van der Waals surface area contributed by atoms with Gasteiger partial charge in [0.05, 0.1) is 6.61 Å². The van der Waals surface area contributed by atoms with Gasteiger partial charge in [-0.15, -0.1) is 0 Å². The molecule has 3 heteroatoms. The summed E-state index contributed by atoms with van der Waals surface area (Å²) in [6.45, 7) is 0.00808. The van der Waals surface area contributed by atoms with Gasteiger partial charge in [0.25, 0.3) is 0 Å². The summed E-state index contributed by atoms with van der Waals surface area (Å²) < 4.78 is 0. The zero-order valence-electron chi connectivity index (χ0n) is 5.86. The first kappa shape index (κ1) is 8.17. The van der Waals surface area contributed by atoms with E-state index in [1.807, 2.05) is 5.38 Å². The van der Waals surface area contributed by atoms with Crippen molar-refractivity contribution in [1.29, 1.82) is 0 Å². The highest BCUT2D eigenvalue weighted by molar-refractivity contribution is 7.08. The van der Waals surface area contributed by atoms with Gasteiger partial charge >= 0.3 is 0 Å². The molecular weight excluding hydrogens is 160 g/mol. The smallest absolute Gasteiger partial charge is 0.151 e. The number of aldehydes is 1. The Kier molecular flexibility index (Phi) is 3.01. The van der Waals surface area contributed by atoms with Crippen LogP contribution in [-0.2, 0) is 0 Å². The summed E-state index contributed by atoms with van der Waals surface area (Å²) in [4.78, 5) is 10.4. The van der Waals surface area contributed by atoms with Gasteiger partial charge in [-0.3, -0.25) is 4.79 Å². The minimum absolute atomic E-state index is 0.00808. The molecule has 1 rings (SSSR count). The van der Waals surface area contributed by atoms with Crippen LogP contribution in [0.3, 0.4) is 0 Å². The summed E-state index contributed by atoms with van der Waals surface area (Å²) in [5.41, 5.74) is 1.55. The van der Waals surface area contributed by atoms with Crippen molar-refractivity contribution in [3.05, 3.63) is 28.0 Å². The summed E-state index contributed by atoms with van der Waals surface area (Å²) in [6.07, 6.45) is 4.16. The van der Waals surface area contributed by atoms with Crippen LogP contribution in [0.15, 0.2) is 16.8 Å². The molecule has 1 heterocycles. The molecule has 0 aliphatic heterocycles. The number of carbonyl (C=O) groups is 1. The van der Waals surface area contributed by atoms with Crippen LogP contribution in [0.5, 0.6) is 0 Å². The van der Waals surface area contributed by atoms with Crippen molar-refractivity contribution < 1.29 is 9.90 Å². The molecule has 0 saturated heterocycles. The van der Waals surface area contributed by atoms with Crippen molar-refractivity contribution in [2.45, 2.75) is 0 Å². The Morgan fingerprint density at radius 1 is 1.45 bits per heavy atom. The maximum atomic E-state index is 10.4. The standard InChI is InChI=1S/C8H8O2S/c9-3-1-2-7-5-11-6-8(7)4-10/h1-2,4-6,9H,3H2. The topological polar surface area (TPSA) is 37.3 Å². The molecule has 0 amide bonds. The average Bonchev–Trinajstić information content (AvgIpc) is 2.47. The molecule has 0 aliphatic carbocycles. The molecule has 0 saturated carbocycles. The minimum Gasteiger partial charge on any atom is -0.392 e. The Hall–Kier alpha value is -0.930. The van der Waals surface area contributed by atoms with E-state index in [-0.39, 0.29) is 6.61 Å². The third-order valence-corrected chi connectivity index (χ3v) is 2.03. The lowest BCUT2D eigenvalue weighted by molar-refractivity contribution is 0.112. The summed E-state index contributed by atoms with van der Waals surface area (Å²) in [6, 6.07) is 0. The predicted octanol–water partition coefficient (Wildman–Crippen LogP) is 1.57. The first-order valence-electron chi connectivity index (χ1n) is 3.17. The molecular formula is C8H8O2S. The summed E-state index contributed by atoms with van der Waals surface area (Å²) in [5, 5.41) is 12.1. The highest BCUT2D eigenvalue weighted by atomic mass is 32.1. The SMILES string of the molecule is O=Cc1cscc1C=CCO.